The van der Waals surface area contributed by atoms with Gasteiger partial charge < -0.3 is 19.5 Å². The van der Waals surface area contributed by atoms with Crippen molar-refractivity contribution in [3.05, 3.63) is 23.9 Å². The van der Waals surface area contributed by atoms with Gasteiger partial charge in [-0.15, -0.1) is 0 Å². The average Bonchev–Trinajstić information content (AvgIpc) is 2.50. The summed E-state index contributed by atoms with van der Waals surface area (Å²) in [5, 5.41) is 9.70. The normalized spacial score (nSPS) is 24.6. The van der Waals surface area contributed by atoms with E-state index in [0.717, 1.165) is 31.2 Å². The third kappa shape index (κ3) is 4.63. The molecule has 1 aromatic heterocycles. The van der Waals surface area contributed by atoms with Crippen molar-refractivity contribution in [2.45, 2.75) is 70.2 Å². The molecule has 0 bridgehead atoms. The lowest BCUT2D eigenvalue weighted by atomic mass is 9.83. The van der Waals surface area contributed by atoms with Gasteiger partial charge in [-0.05, 0) is 58.4 Å². The Kier molecular flexibility index (Phi) is 5.18. The van der Waals surface area contributed by atoms with E-state index in [-0.39, 0.29) is 18.3 Å². The summed E-state index contributed by atoms with van der Waals surface area (Å²) in [6.07, 6.45) is 4.79. The van der Waals surface area contributed by atoms with Gasteiger partial charge in [-0.1, -0.05) is 6.07 Å². The zero-order valence-corrected chi connectivity index (χ0v) is 15.3. The van der Waals surface area contributed by atoms with E-state index in [2.05, 4.69) is 11.1 Å². The minimum Gasteiger partial charge on any atom is -0.470 e. The van der Waals surface area contributed by atoms with Gasteiger partial charge in [0.15, 0.2) is 0 Å². The number of aliphatic hydroxyl groups excluding tert-OH is 1. The number of likely N-dealkylation sites (tertiary alicyclic amines) is 1. The first kappa shape index (κ1) is 18.0. The monoisotopic (exact) mass is 348 g/mol. The molecule has 6 nitrogen and oxygen atoms in total. The number of hydrogen-bond donors (Lipinski definition) is 1. The Morgan fingerprint density at radius 1 is 1.24 bits per heavy atom. The number of carbonyl (C=O) groups excluding carboxylic acids is 1. The van der Waals surface area contributed by atoms with Crippen molar-refractivity contribution in [1.82, 2.24) is 9.88 Å². The molecule has 1 saturated carbocycles. The van der Waals surface area contributed by atoms with E-state index in [1.165, 1.54) is 0 Å². The Morgan fingerprint density at radius 3 is 2.56 bits per heavy atom. The molecular formula is C19H28N2O4. The highest BCUT2D eigenvalue weighted by Crippen LogP contribution is 2.37. The van der Waals surface area contributed by atoms with Gasteiger partial charge in [-0.25, -0.2) is 9.78 Å². The van der Waals surface area contributed by atoms with Crippen molar-refractivity contribution in [1.29, 1.82) is 0 Å². The van der Waals surface area contributed by atoms with Crippen LogP contribution >= 0.6 is 0 Å². The highest BCUT2D eigenvalue weighted by Gasteiger charge is 2.36. The quantitative estimate of drug-likeness (QED) is 0.909. The zero-order valence-electron chi connectivity index (χ0n) is 15.3. The molecule has 1 N–H and O–H groups in total. The van der Waals surface area contributed by atoms with Gasteiger partial charge in [0, 0.05) is 11.8 Å². The van der Waals surface area contributed by atoms with Crippen LogP contribution in [0.15, 0.2) is 18.3 Å². The Bertz CT molecular complexity index is 600. The van der Waals surface area contributed by atoms with Crippen molar-refractivity contribution in [2.75, 3.05) is 13.1 Å². The predicted molar refractivity (Wildman–Crippen MR) is 93.7 cm³/mol. The molecule has 25 heavy (non-hydrogen) atoms. The van der Waals surface area contributed by atoms with E-state index in [9.17, 15) is 9.90 Å². The summed E-state index contributed by atoms with van der Waals surface area (Å²) in [6.45, 7) is 6.63. The molecule has 2 heterocycles. The lowest BCUT2D eigenvalue weighted by molar-refractivity contribution is -0.0236. The summed E-state index contributed by atoms with van der Waals surface area (Å²) in [4.78, 5) is 18.0. The number of hydrogen-bond acceptors (Lipinski definition) is 5. The number of ether oxygens (including phenoxy) is 2. The summed E-state index contributed by atoms with van der Waals surface area (Å²) in [5.41, 5.74) is 0.632. The van der Waals surface area contributed by atoms with Gasteiger partial charge in [0.05, 0.1) is 19.2 Å². The Hall–Kier alpha value is -1.82. The zero-order chi connectivity index (χ0) is 18.0. The first-order valence-corrected chi connectivity index (χ1v) is 9.09. The highest BCUT2D eigenvalue weighted by molar-refractivity contribution is 5.69. The Labute approximate surface area is 149 Å². The molecule has 0 radical (unpaired) electrons. The molecule has 3 rings (SSSR count). The van der Waals surface area contributed by atoms with Crippen LogP contribution in [0.3, 0.4) is 0 Å². The van der Waals surface area contributed by atoms with Crippen LogP contribution in [-0.2, 0) is 4.74 Å². The molecule has 1 aromatic rings. The fourth-order valence-electron chi connectivity index (χ4n) is 3.35. The average molecular weight is 348 g/mol. The second-order valence-corrected chi connectivity index (χ2v) is 8.03. The lowest BCUT2D eigenvalue weighted by Crippen LogP contribution is -2.57. The van der Waals surface area contributed by atoms with Gasteiger partial charge in [-0.2, -0.15) is 0 Å². The van der Waals surface area contributed by atoms with Crippen molar-refractivity contribution < 1.29 is 19.4 Å². The molecule has 0 atom stereocenters. The highest BCUT2D eigenvalue weighted by atomic mass is 16.6. The van der Waals surface area contributed by atoms with E-state index >= 15 is 0 Å². The fraction of sp³-hybridized carbons (Fsp3) is 0.684. The number of aromatic nitrogens is 1. The summed E-state index contributed by atoms with van der Waals surface area (Å²) in [6, 6.07) is 4.00. The molecule has 138 valence electrons. The predicted octanol–water partition coefficient (Wildman–Crippen LogP) is 3.10. The first-order valence-electron chi connectivity index (χ1n) is 9.09. The standard InChI is InChI=1S/C19H28N2O4/c1-19(2,3)25-18(23)21-11-15(12-21)24-17-16(5-4-10-20-17)13-6-8-14(22)9-7-13/h4-5,10,13-15,22H,6-9,11-12H2,1-3H3. The smallest absolute Gasteiger partial charge is 0.410 e. The van der Waals surface area contributed by atoms with Gasteiger partial charge in [0.25, 0.3) is 0 Å². The molecule has 2 fully saturated rings. The number of amides is 1. The summed E-state index contributed by atoms with van der Waals surface area (Å²) < 4.78 is 11.4. The number of aliphatic hydroxyl groups is 1. The SMILES string of the molecule is CC(C)(C)OC(=O)N1CC(Oc2ncccc2C2CCC(O)CC2)C1. The van der Waals surface area contributed by atoms with Crippen molar-refractivity contribution >= 4 is 6.09 Å². The van der Waals surface area contributed by atoms with Gasteiger partial charge in [-0.3, -0.25) is 0 Å². The van der Waals surface area contributed by atoms with E-state index < -0.39 is 5.60 Å². The molecule has 1 aliphatic heterocycles. The van der Waals surface area contributed by atoms with E-state index in [1.54, 1.807) is 11.1 Å². The van der Waals surface area contributed by atoms with Crippen LogP contribution in [0, 0.1) is 0 Å². The Balaban J connectivity index is 1.56. The maximum atomic E-state index is 12.0. The van der Waals surface area contributed by atoms with Crippen LogP contribution in [0.25, 0.3) is 0 Å². The number of carbonyl (C=O) groups is 1. The molecule has 0 unspecified atom stereocenters. The van der Waals surface area contributed by atoms with E-state index in [1.807, 2.05) is 26.8 Å². The third-order valence-electron chi connectivity index (χ3n) is 4.72. The van der Waals surface area contributed by atoms with Gasteiger partial charge >= 0.3 is 6.09 Å². The second kappa shape index (κ2) is 7.20. The van der Waals surface area contributed by atoms with E-state index in [0.29, 0.717) is 24.9 Å². The van der Waals surface area contributed by atoms with Crippen LogP contribution in [-0.4, -0.2) is 52.0 Å². The van der Waals surface area contributed by atoms with Crippen LogP contribution in [0.5, 0.6) is 5.88 Å². The van der Waals surface area contributed by atoms with Crippen LogP contribution in [0.1, 0.15) is 57.9 Å². The molecule has 0 aromatic carbocycles. The van der Waals surface area contributed by atoms with Crippen molar-refractivity contribution in [3.63, 3.8) is 0 Å². The minimum absolute atomic E-state index is 0.0460. The van der Waals surface area contributed by atoms with Gasteiger partial charge in [0.1, 0.15) is 11.7 Å². The van der Waals surface area contributed by atoms with Crippen LogP contribution in [0.4, 0.5) is 4.79 Å². The molecule has 1 saturated heterocycles. The molecule has 0 spiro atoms. The number of rotatable bonds is 3. The van der Waals surface area contributed by atoms with Gasteiger partial charge in [0.2, 0.25) is 5.88 Å². The van der Waals surface area contributed by atoms with Crippen molar-refractivity contribution in [2.24, 2.45) is 0 Å². The first-order chi connectivity index (χ1) is 11.8. The maximum Gasteiger partial charge on any atom is 0.410 e. The number of pyridine rings is 1. The molecule has 1 amide bonds. The number of nitrogens with zero attached hydrogens (tertiary/aromatic N) is 2. The molecule has 2 aliphatic rings. The maximum absolute atomic E-state index is 12.0. The molecule has 6 heteroatoms. The largest absolute Gasteiger partial charge is 0.470 e. The van der Waals surface area contributed by atoms with Crippen LogP contribution in [0.2, 0.25) is 0 Å². The minimum atomic E-state index is -0.483. The lowest BCUT2D eigenvalue weighted by Gasteiger charge is -2.39. The topological polar surface area (TPSA) is 71.9 Å². The summed E-state index contributed by atoms with van der Waals surface area (Å²) >= 11 is 0. The van der Waals surface area contributed by atoms with E-state index in [4.69, 9.17) is 9.47 Å². The molecule has 1 aliphatic carbocycles. The fourth-order valence-corrected chi connectivity index (χ4v) is 3.35. The summed E-state index contributed by atoms with van der Waals surface area (Å²) in [7, 11) is 0. The Morgan fingerprint density at radius 2 is 1.92 bits per heavy atom. The second-order valence-electron chi connectivity index (χ2n) is 8.03. The van der Waals surface area contributed by atoms with Crippen molar-refractivity contribution in [3.8, 4) is 5.88 Å². The molecular weight excluding hydrogens is 320 g/mol. The third-order valence-corrected chi connectivity index (χ3v) is 4.72. The van der Waals surface area contributed by atoms with Crippen LogP contribution < -0.4 is 4.74 Å². The summed E-state index contributed by atoms with van der Waals surface area (Å²) in [5.74, 6) is 1.05.